The van der Waals surface area contributed by atoms with Gasteiger partial charge in [0.1, 0.15) is 35.4 Å². The second-order valence-corrected chi connectivity index (χ2v) is 30.0. The van der Waals surface area contributed by atoms with Gasteiger partial charge in [-0.25, -0.2) is 0 Å². The van der Waals surface area contributed by atoms with E-state index in [4.69, 9.17) is 0 Å². The number of aryl methyl sites for hydroxylation is 4. The first-order valence-electron chi connectivity index (χ1n) is 34.7. The zero-order valence-electron chi connectivity index (χ0n) is 55.4. The number of hydrogen-bond acceptors (Lipinski definition) is 10. The zero-order chi connectivity index (χ0) is 66.5. The van der Waals surface area contributed by atoms with Gasteiger partial charge in [-0.3, -0.25) is 9.59 Å². The molecule has 4 aliphatic rings. The highest BCUT2D eigenvalue weighted by molar-refractivity contribution is 7.17. The van der Waals surface area contributed by atoms with Gasteiger partial charge in [0.05, 0.1) is 10.8 Å². The van der Waals surface area contributed by atoms with Crippen molar-refractivity contribution >= 4 is 80.2 Å². The predicted molar refractivity (Wildman–Crippen MR) is 398 cm³/mol. The van der Waals surface area contributed by atoms with Crippen molar-refractivity contribution < 1.29 is 9.59 Å². The monoisotopic (exact) mass is 1330 g/mol. The summed E-state index contributed by atoms with van der Waals surface area (Å²) >= 11 is 6.13. The van der Waals surface area contributed by atoms with Crippen molar-refractivity contribution in [3.05, 3.63) is 264 Å². The molecule has 6 nitrogen and oxygen atoms in total. The van der Waals surface area contributed by atoms with Gasteiger partial charge in [0.2, 0.25) is 0 Å². The molecule has 4 aliphatic carbocycles. The number of hydrogen-bond donors (Lipinski definition) is 0. The van der Waals surface area contributed by atoms with Crippen molar-refractivity contribution in [2.75, 3.05) is 0 Å². The van der Waals surface area contributed by atoms with Crippen molar-refractivity contribution in [1.29, 1.82) is 21.0 Å². The van der Waals surface area contributed by atoms with Crippen LogP contribution >= 0.6 is 45.3 Å². The summed E-state index contributed by atoms with van der Waals surface area (Å²) in [6, 6.07) is 55.7. The number of carbonyl (C=O) groups excluding carboxylic acids is 2. The van der Waals surface area contributed by atoms with E-state index in [2.05, 4.69) is 173 Å². The Kier molecular flexibility index (Phi) is 19.8. The van der Waals surface area contributed by atoms with Gasteiger partial charge in [-0.1, -0.05) is 202 Å². The van der Waals surface area contributed by atoms with E-state index >= 15 is 0 Å². The largest absolute Gasteiger partial charge is 0.289 e. The standard InChI is InChI=1S/C86H78N4O2S4/c1-5-9-13-17-21-55-25-33-61(34-26-55)85(62-35-27-56(28-36-62)22-18-14-10-6-2)75-45-68-76(46-67(75)83-77(85)43-65(95-83)41-69-79(59(47-87)48-88)71-51-93-53-73(71)81(69)91)86(63-37-29-57(30-38-63)23-19-15-11-7-3,64-39-31-58(32-40-64)24-20-16-12-8-4)78-44-66(96-84(68)78)42-70-80(60(49-89)50-90)72-52-94-54-74(72)82(70)92/h25-46,51-54H,5-24H2,1-4H3/b69-41+,70-42?. The summed E-state index contributed by atoms with van der Waals surface area (Å²) in [5.74, 6) is -0.375. The van der Waals surface area contributed by atoms with E-state index in [0.29, 0.717) is 44.5 Å². The highest BCUT2D eigenvalue weighted by atomic mass is 32.1. The van der Waals surface area contributed by atoms with Crippen LogP contribution in [0, 0.1) is 45.3 Å². The summed E-state index contributed by atoms with van der Waals surface area (Å²) in [5.41, 5.74) is 18.3. The fourth-order valence-corrected chi connectivity index (χ4v) is 19.6. The third kappa shape index (κ3) is 11.7. The number of carbonyl (C=O) groups is 2. The molecule has 0 fully saturated rings. The molecular weight excluding hydrogens is 1250 g/mol. The molecule has 13 rings (SSSR count). The van der Waals surface area contributed by atoms with Gasteiger partial charge >= 0.3 is 0 Å². The van der Waals surface area contributed by atoms with E-state index in [-0.39, 0.29) is 22.7 Å². The van der Waals surface area contributed by atoms with Gasteiger partial charge in [0.25, 0.3) is 0 Å². The molecule has 9 aromatic rings. The number of fused-ring (bicyclic) bond motifs is 8. The lowest BCUT2D eigenvalue weighted by molar-refractivity contribution is 0.103. The summed E-state index contributed by atoms with van der Waals surface area (Å²) in [4.78, 5) is 33.3. The predicted octanol–water partition coefficient (Wildman–Crippen LogP) is 23.3. The van der Waals surface area contributed by atoms with Gasteiger partial charge in [-0.2, -0.15) is 43.7 Å². The van der Waals surface area contributed by atoms with E-state index < -0.39 is 10.8 Å². The van der Waals surface area contributed by atoms with Crippen LogP contribution in [0.15, 0.2) is 165 Å². The SMILES string of the molecule is CCCCCCc1ccc(C2(c3ccc(CCCCCC)cc3)c3cc4c(cc3-c3sc(C=C5C(=O)c6cscc6C5=C(C#N)C#N)cc32)C(c2ccc(CCCCCC)cc2)(c2ccc(CCCCCC)cc2)c2cc(/C=C3/C(=O)c5cscc5C3=C(C#N)C#N)sc2-4)cc1. The summed E-state index contributed by atoms with van der Waals surface area (Å²) < 4.78 is 0. The Balaban J connectivity index is 1.10. The lowest BCUT2D eigenvalue weighted by atomic mass is 9.65. The molecule has 0 atom stereocenters. The van der Waals surface area contributed by atoms with Crippen molar-refractivity contribution in [3.8, 4) is 45.2 Å². The Bertz CT molecular complexity index is 4320. The van der Waals surface area contributed by atoms with E-state index in [0.717, 1.165) is 127 Å². The lowest BCUT2D eigenvalue weighted by Crippen LogP contribution is -2.30. The van der Waals surface area contributed by atoms with Crippen LogP contribution in [0.3, 0.4) is 0 Å². The van der Waals surface area contributed by atoms with E-state index in [1.165, 1.54) is 122 Å². The summed E-state index contributed by atoms with van der Waals surface area (Å²) in [5, 5.41) is 49.2. The fourth-order valence-electron chi connectivity index (χ4n) is 15.6. The van der Waals surface area contributed by atoms with Gasteiger partial charge in [0.15, 0.2) is 11.6 Å². The molecule has 0 aliphatic heterocycles. The molecule has 10 heteroatoms. The third-order valence-electron chi connectivity index (χ3n) is 20.5. The van der Waals surface area contributed by atoms with Crippen LogP contribution in [0.5, 0.6) is 0 Å². The highest BCUT2D eigenvalue weighted by Crippen LogP contribution is 2.66. The number of thiophene rings is 4. The molecule has 4 aromatic heterocycles. The summed E-state index contributed by atoms with van der Waals surface area (Å²) in [6.45, 7) is 9.02. The van der Waals surface area contributed by atoms with Crippen LogP contribution < -0.4 is 0 Å². The smallest absolute Gasteiger partial charge is 0.195 e. The molecule has 0 unspecified atom stereocenters. The number of ketones is 2. The number of Topliss-reactive ketones (excluding diaryl/α,β-unsaturated/α-hetero) is 2. The molecule has 0 spiro atoms. The molecule has 478 valence electrons. The van der Waals surface area contributed by atoms with Gasteiger partial charge in [0, 0.05) is 74.8 Å². The van der Waals surface area contributed by atoms with E-state index in [1.54, 1.807) is 22.7 Å². The zero-order valence-corrected chi connectivity index (χ0v) is 58.7. The molecular formula is C86H78N4O2S4. The molecule has 0 bridgehead atoms. The van der Waals surface area contributed by atoms with E-state index in [9.17, 15) is 30.6 Å². The number of nitriles is 4. The average Bonchev–Trinajstić information content (AvgIpc) is 1.50. The Hall–Kier alpha value is -8.84. The Morgan fingerprint density at radius 1 is 0.365 bits per heavy atom. The fraction of sp³-hybridized carbons (Fsp3) is 0.302. The number of rotatable bonds is 26. The first-order valence-corrected chi connectivity index (χ1v) is 38.2. The Labute approximate surface area is 582 Å². The van der Waals surface area contributed by atoms with Crippen molar-refractivity contribution in [1.82, 2.24) is 0 Å². The maximum atomic E-state index is 14.7. The lowest BCUT2D eigenvalue weighted by Gasteiger charge is -2.35. The molecule has 0 N–H and O–H groups in total. The van der Waals surface area contributed by atoms with Gasteiger partial charge < -0.3 is 0 Å². The Morgan fingerprint density at radius 2 is 0.656 bits per heavy atom. The third-order valence-corrected chi connectivity index (χ3v) is 24.2. The molecule has 96 heavy (non-hydrogen) atoms. The highest BCUT2D eigenvalue weighted by Gasteiger charge is 2.53. The van der Waals surface area contributed by atoms with Crippen LogP contribution in [-0.4, -0.2) is 11.6 Å². The number of nitrogens with zero attached hydrogens (tertiary/aromatic N) is 4. The van der Waals surface area contributed by atoms with Crippen molar-refractivity contribution in [3.63, 3.8) is 0 Å². The average molecular weight is 1330 g/mol. The molecule has 0 saturated carbocycles. The van der Waals surface area contributed by atoms with E-state index in [1.807, 2.05) is 33.7 Å². The minimum absolute atomic E-state index is 0.0786. The van der Waals surface area contributed by atoms with Crippen LogP contribution in [0.25, 0.3) is 44.2 Å². The van der Waals surface area contributed by atoms with Crippen LogP contribution in [0.2, 0.25) is 0 Å². The normalized spacial score (nSPS) is 15.0. The maximum Gasteiger partial charge on any atom is 0.195 e. The van der Waals surface area contributed by atoms with Crippen LogP contribution in [0.4, 0.5) is 0 Å². The van der Waals surface area contributed by atoms with Crippen LogP contribution in [0.1, 0.15) is 239 Å². The number of allylic oxidation sites excluding steroid dienone is 6. The summed E-state index contributed by atoms with van der Waals surface area (Å²) in [7, 11) is 0. The topological polar surface area (TPSA) is 129 Å². The van der Waals surface area contributed by atoms with Gasteiger partial charge in [-0.05, 0) is 176 Å². The second-order valence-electron chi connectivity index (χ2n) is 26.4. The first-order chi connectivity index (χ1) is 47.1. The minimum Gasteiger partial charge on any atom is -0.289 e. The first kappa shape index (κ1) is 65.8. The van der Waals surface area contributed by atoms with Crippen molar-refractivity contribution in [2.45, 2.75) is 167 Å². The molecule has 5 aromatic carbocycles. The van der Waals surface area contributed by atoms with Crippen LogP contribution in [-0.2, 0) is 36.5 Å². The molecule has 0 radical (unpaired) electrons. The number of benzene rings is 5. The second kappa shape index (κ2) is 28.9. The molecule has 4 heterocycles. The Morgan fingerprint density at radius 3 is 0.938 bits per heavy atom. The summed E-state index contributed by atoms with van der Waals surface area (Å²) in [6.07, 6.45) is 26.5. The van der Waals surface area contributed by atoms with Gasteiger partial charge in [-0.15, -0.1) is 22.7 Å². The minimum atomic E-state index is -0.875. The molecule has 0 saturated heterocycles. The maximum absolute atomic E-state index is 14.7. The number of unbranched alkanes of at least 4 members (excludes halogenated alkanes) is 12. The molecule has 0 amide bonds. The van der Waals surface area contributed by atoms with Crippen molar-refractivity contribution in [2.24, 2.45) is 0 Å². The quantitative estimate of drug-likeness (QED) is 0.0302.